The molecule has 0 aromatic heterocycles. The lowest BCUT2D eigenvalue weighted by Gasteiger charge is -2.37. The molecule has 1 heterocycles. The Hall–Kier alpha value is -1.42. The number of likely N-dealkylation sites (N-methyl/N-ethyl adjacent to an activating group) is 2. The standard InChI is InChI=1S/C12H24N4O5/c1-13(7-19-3)10-11(15(6-17)8-20-4)16(9-21-5)12(18)14(10)2/h6,10-11H,7-9H2,1-5H3. The first-order valence-corrected chi connectivity index (χ1v) is 6.45. The maximum Gasteiger partial charge on any atom is 0.324 e. The smallest absolute Gasteiger partial charge is 0.324 e. The third-order valence-corrected chi connectivity index (χ3v) is 3.34. The molecule has 3 amide bonds. The number of carbonyl (C=O) groups is 2. The Kier molecular flexibility index (Phi) is 6.82. The summed E-state index contributed by atoms with van der Waals surface area (Å²) in [6.45, 7) is 0.478. The van der Waals surface area contributed by atoms with Gasteiger partial charge in [0.25, 0.3) is 0 Å². The molecule has 0 aromatic rings. The van der Waals surface area contributed by atoms with Crippen molar-refractivity contribution in [3.63, 3.8) is 0 Å². The van der Waals surface area contributed by atoms with Crippen LogP contribution in [0.1, 0.15) is 0 Å². The lowest BCUT2D eigenvalue weighted by atomic mass is 10.3. The highest BCUT2D eigenvalue weighted by Crippen LogP contribution is 2.25. The zero-order valence-corrected chi connectivity index (χ0v) is 13.2. The Balaban J connectivity index is 3.10. The Labute approximate surface area is 124 Å². The molecule has 0 saturated carbocycles. The van der Waals surface area contributed by atoms with Crippen molar-refractivity contribution in [3.05, 3.63) is 0 Å². The van der Waals surface area contributed by atoms with Crippen molar-refractivity contribution in [2.75, 3.05) is 55.6 Å². The SMILES string of the molecule is COCN(C)C1C(N(C=O)COC)N(COC)C(=O)N1C. The summed E-state index contributed by atoms with van der Waals surface area (Å²) >= 11 is 0. The average molecular weight is 304 g/mol. The van der Waals surface area contributed by atoms with Crippen LogP contribution in [0, 0.1) is 0 Å². The van der Waals surface area contributed by atoms with Crippen molar-refractivity contribution in [2.45, 2.75) is 12.3 Å². The van der Waals surface area contributed by atoms with Gasteiger partial charge in [-0.05, 0) is 7.05 Å². The minimum absolute atomic E-state index is 0.0762. The van der Waals surface area contributed by atoms with Crippen molar-refractivity contribution in [3.8, 4) is 0 Å². The van der Waals surface area contributed by atoms with E-state index in [-0.39, 0.29) is 25.7 Å². The number of hydrogen-bond acceptors (Lipinski definition) is 6. The molecule has 9 nitrogen and oxygen atoms in total. The van der Waals surface area contributed by atoms with E-state index >= 15 is 0 Å². The average Bonchev–Trinajstić information content (AvgIpc) is 2.70. The van der Waals surface area contributed by atoms with Gasteiger partial charge in [-0.2, -0.15) is 0 Å². The van der Waals surface area contributed by atoms with E-state index in [2.05, 4.69) is 0 Å². The quantitative estimate of drug-likeness (QED) is 0.410. The van der Waals surface area contributed by atoms with Gasteiger partial charge in [-0.1, -0.05) is 0 Å². The lowest BCUT2D eigenvalue weighted by molar-refractivity contribution is -0.136. The largest absolute Gasteiger partial charge is 0.369 e. The van der Waals surface area contributed by atoms with Crippen LogP contribution in [0.4, 0.5) is 4.79 Å². The number of ether oxygens (including phenoxy) is 3. The fourth-order valence-electron chi connectivity index (χ4n) is 2.53. The highest BCUT2D eigenvalue weighted by Gasteiger charge is 2.48. The van der Waals surface area contributed by atoms with Crippen LogP contribution in [0.15, 0.2) is 0 Å². The number of carbonyl (C=O) groups excluding carboxylic acids is 2. The molecule has 21 heavy (non-hydrogen) atoms. The summed E-state index contributed by atoms with van der Waals surface area (Å²) in [5.74, 6) is 0. The molecule has 1 aliphatic rings. The molecule has 122 valence electrons. The summed E-state index contributed by atoms with van der Waals surface area (Å²) in [6, 6.07) is -0.224. The first-order chi connectivity index (χ1) is 10.0. The molecule has 1 fully saturated rings. The van der Waals surface area contributed by atoms with Gasteiger partial charge in [-0.25, -0.2) is 4.79 Å². The molecule has 1 saturated heterocycles. The fraction of sp³-hybridized carbons (Fsp3) is 0.833. The van der Waals surface area contributed by atoms with Crippen molar-refractivity contribution in [1.82, 2.24) is 19.6 Å². The molecule has 2 atom stereocenters. The number of rotatable bonds is 9. The maximum atomic E-state index is 12.4. The molecule has 0 bridgehead atoms. The zero-order chi connectivity index (χ0) is 16.0. The molecule has 2 unspecified atom stereocenters. The van der Waals surface area contributed by atoms with Gasteiger partial charge >= 0.3 is 6.03 Å². The molecule has 0 radical (unpaired) electrons. The van der Waals surface area contributed by atoms with E-state index in [0.717, 1.165) is 0 Å². The van der Waals surface area contributed by atoms with E-state index in [0.29, 0.717) is 13.1 Å². The molecule has 9 heteroatoms. The van der Waals surface area contributed by atoms with Crippen LogP contribution in [0.3, 0.4) is 0 Å². The monoisotopic (exact) mass is 304 g/mol. The second-order valence-corrected chi connectivity index (χ2v) is 4.82. The van der Waals surface area contributed by atoms with Crippen LogP contribution in [0.25, 0.3) is 0 Å². The van der Waals surface area contributed by atoms with Crippen LogP contribution in [-0.4, -0.2) is 100.0 Å². The molecule has 1 rings (SSSR count). The summed E-state index contributed by atoms with van der Waals surface area (Å²) in [4.78, 5) is 30.0. The van der Waals surface area contributed by atoms with Crippen LogP contribution in [0.5, 0.6) is 0 Å². The Morgan fingerprint density at radius 1 is 1.14 bits per heavy atom. The van der Waals surface area contributed by atoms with Gasteiger partial charge in [0.2, 0.25) is 6.41 Å². The van der Waals surface area contributed by atoms with Crippen molar-refractivity contribution < 1.29 is 23.8 Å². The predicted molar refractivity (Wildman–Crippen MR) is 73.9 cm³/mol. The Bertz CT molecular complexity index is 357. The minimum atomic E-state index is -0.528. The molecular formula is C12H24N4O5. The van der Waals surface area contributed by atoms with E-state index in [1.54, 1.807) is 19.1 Å². The van der Waals surface area contributed by atoms with Crippen LogP contribution < -0.4 is 0 Å². The molecule has 1 aliphatic heterocycles. The van der Waals surface area contributed by atoms with E-state index in [9.17, 15) is 9.59 Å². The predicted octanol–water partition coefficient (Wildman–Crippen LogP) is -0.792. The number of nitrogens with zero attached hydrogens (tertiary/aromatic N) is 4. The van der Waals surface area contributed by atoms with Gasteiger partial charge < -0.3 is 19.1 Å². The highest BCUT2D eigenvalue weighted by atomic mass is 16.5. The number of methoxy groups -OCH3 is 3. The highest BCUT2D eigenvalue weighted by molar-refractivity contribution is 5.77. The summed E-state index contributed by atoms with van der Waals surface area (Å²) in [7, 11) is 8.06. The molecule has 0 aromatic carbocycles. The van der Waals surface area contributed by atoms with Crippen molar-refractivity contribution >= 4 is 12.4 Å². The number of urea groups is 1. The summed E-state index contributed by atoms with van der Waals surface area (Å²) in [5, 5.41) is 0. The molecular weight excluding hydrogens is 280 g/mol. The van der Waals surface area contributed by atoms with E-state index in [1.807, 2.05) is 11.9 Å². The third kappa shape index (κ3) is 3.62. The first kappa shape index (κ1) is 17.6. The third-order valence-electron chi connectivity index (χ3n) is 3.34. The lowest BCUT2D eigenvalue weighted by Crippen LogP contribution is -2.56. The fourth-order valence-corrected chi connectivity index (χ4v) is 2.53. The number of hydrogen-bond donors (Lipinski definition) is 0. The Morgan fingerprint density at radius 2 is 1.76 bits per heavy atom. The van der Waals surface area contributed by atoms with Gasteiger partial charge in [-0.15, -0.1) is 0 Å². The van der Waals surface area contributed by atoms with E-state index < -0.39 is 6.17 Å². The van der Waals surface area contributed by atoms with Gasteiger partial charge in [0, 0.05) is 28.4 Å². The summed E-state index contributed by atoms with van der Waals surface area (Å²) < 4.78 is 15.2. The molecule has 0 aliphatic carbocycles. The van der Waals surface area contributed by atoms with Crippen LogP contribution in [-0.2, 0) is 19.0 Å². The van der Waals surface area contributed by atoms with Gasteiger partial charge in [0.15, 0.2) is 0 Å². The van der Waals surface area contributed by atoms with E-state index in [4.69, 9.17) is 14.2 Å². The zero-order valence-electron chi connectivity index (χ0n) is 13.2. The van der Waals surface area contributed by atoms with Crippen molar-refractivity contribution in [1.29, 1.82) is 0 Å². The normalized spacial score (nSPS) is 22.3. The molecule has 0 spiro atoms. The maximum absolute atomic E-state index is 12.4. The van der Waals surface area contributed by atoms with Gasteiger partial charge in [0.05, 0.1) is 0 Å². The minimum Gasteiger partial charge on any atom is -0.369 e. The van der Waals surface area contributed by atoms with Gasteiger partial charge in [0.1, 0.15) is 32.5 Å². The number of amides is 3. The van der Waals surface area contributed by atoms with E-state index in [1.165, 1.54) is 24.0 Å². The van der Waals surface area contributed by atoms with Crippen LogP contribution >= 0.6 is 0 Å². The summed E-state index contributed by atoms with van der Waals surface area (Å²) in [5.41, 5.74) is 0. The second kappa shape index (κ2) is 8.13. The van der Waals surface area contributed by atoms with Gasteiger partial charge in [-0.3, -0.25) is 19.5 Å². The topological polar surface area (TPSA) is 74.8 Å². The first-order valence-electron chi connectivity index (χ1n) is 6.45. The molecule has 0 N–H and O–H groups in total. The van der Waals surface area contributed by atoms with Crippen LogP contribution in [0.2, 0.25) is 0 Å². The summed E-state index contributed by atoms with van der Waals surface area (Å²) in [6.07, 6.45) is -0.232. The van der Waals surface area contributed by atoms with Crippen molar-refractivity contribution in [2.24, 2.45) is 0 Å². The second-order valence-electron chi connectivity index (χ2n) is 4.82. The Morgan fingerprint density at radius 3 is 2.24 bits per heavy atom.